The predicted octanol–water partition coefficient (Wildman–Crippen LogP) is 4.39. The van der Waals surface area contributed by atoms with E-state index in [9.17, 15) is 4.79 Å². The van der Waals surface area contributed by atoms with Crippen LogP contribution in [0, 0.1) is 5.92 Å². The number of halogens is 1. The lowest BCUT2D eigenvalue weighted by Crippen LogP contribution is -2.30. The summed E-state index contributed by atoms with van der Waals surface area (Å²) in [4.78, 5) is 16.8. The van der Waals surface area contributed by atoms with Gasteiger partial charge in [-0.1, -0.05) is 51.5 Å². The summed E-state index contributed by atoms with van der Waals surface area (Å²) in [5, 5.41) is 7.21. The van der Waals surface area contributed by atoms with Crippen molar-refractivity contribution in [2.75, 3.05) is 18.4 Å². The number of anilines is 1. The zero-order valence-electron chi connectivity index (χ0n) is 13.5. The SMILES string of the molecule is O=C(NCCNc1nc2ccccc2s1)C1CC1c1cccc(Br)c1. The largest absolute Gasteiger partial charge is 0.360 e. The third-order valence-electron chi connectivity index (χ3n) is 4.40. The van der Waals surface area contributed by atoms with Crippen molar-refractivity contribution in [2.24, 2.45) is 5.92 Å². The van der Waals surface area contributed by atoms with Crippen molar-refractivity contribution >= 4 is 48.5 Å². The number of nitrogens with one attached hydrogen (secondary N) is 2. The van der Waals surface area contributed by atoms with Crippen LogP contribution < -0.4 is 10.6 Å². The van der Waals surface area contributed by atoms with Gasteiger partial charge >= 0.3 is 0 Å². The number of thiazole rings is 1. The van der Waals surface area contributed by atoms with E-state index in [1.807, 2.05) is 30.3 Å². The average molecular weight is 416 g/mol. The molecule has 2 aromatic carbocycles. The molecule has 4 nitrogen and oxygen atoms in total. The highest BCUT2D eigenvalue weighted by Gasteiger charge is 2.43. The molecule has 0 aliphatic heterocycles. The van der Waals surface area contributed by atoms with Crippen LogP contribution in [0.3, 0.4) is 0 Å². The van der Waals surface area contributed by atoms with Gasteiger partial charge in [-0.2, -0.15) is 0 Å². The Morgan fingerprint density at radius 2 is 2.08 bits per heavy atom. The molecule has 1 aliphatic carbocycles. The van der Waals surface area contributed by atoms with Crippen molar-refractivity contribution < 1.29 is 4.79 Å². The van der Waals surface area contributed by atoms with E-state index in [4.69, 9.17) is 0 Å². The average Bonchev–Trinajstić information content (AvgIpc) is 3.31. The van der Waals surface area contributed by atoms with E-state index in [0.717, 1.165) is 21.5 Å². The van der Waals surface area contributed by atoms with E-state index < -0.39 is 0 Å². The summed E-state index contributed by atoms with van der Waals surface area (Å²) in [5.41, 5.74) is 2.25. The van der Waals surface area contributed by atoms with Crippen molar-refractivity contribution in [3.63, 3.8) is 0 Å². The molecule has 3 aromatic rings. The van der Waals surface area contributed by atoms with Crippen LogP contribution in [0.1, 0.15) is 17.9 Å². The first-order valence-electron chi connectivity index (χ1n) is 8.33. The maximum atomic E-state index is 12.3. The number of benzene rings is 2. The first kappa shape index (κ1) is 16.5. The number of aromatic nitrogens is 1. The second-order valence-corrected chi connectivity index (χ2v) is 8.15. The molecule has 1 fully saturated rings. The molecule has 0 saturated heterocycles. The zero-order valence-corrected chi connectivity index (χ0v) is 15.9. The Labute approximate surface area is 158 Å². The van der Waals surface area contributed by atoms with E-state index in [2.05, 4.69) is 49.7 Å². The second kappa shape index (κ2) is 7.14. The third-order valence-corrected chi connectivity index (χ3v) is 5.89. The van der Waals surface area contributed by atoms with Crippen LogP contribution in [0.5, 0.6) is 0 Å². The molecular weight excluding hydrogens is 398 g/mol. The molecule has 1 heterocycles. The van der Waals surface area contributed by atoms with Crippen LogP contribution in [-0.4, -0.2) is 24.0 Å². The maximum absolute atomic E-state index is 12.3. The van der Waals surface area contributed by atoms with Gasteiger partial charge in [0.2, 0.25) is 5.91 Å². The summed E-state index contributed by atoms with van der Waals surface area (Å²) in [7, 11) is 0. The number of para-hydroxylation sites is 1. The fourth-order valence-corrected chi connectivity index (χ4v) is 4.33. The van der Waals surface area contributed by atoms with Gasteiger partial charge in [0.1, 0.15) is 0 Å². The molecule has 0 bridgehead atoms. The molecule has 25 heavy (non-hydrogen) atoms. The fourth-order valence-electron chi connectivity index (χ4n) is 3.02. The number of nitrogens with zero attached hydrogens (tertiary/aromatic N) is 1. The van der Waals surface area contributed by atoms with Crippen LogP contribution in [0.4, 0.5) is 5.13 Å². The molecule has 2 N–H and O–H groups in total. The lowest BCUT2D eigenvalue weighted by atomic mass is 10.1. The fraction of sp³-hybridized carbons (Fsp3) is 0.263. The van der Waals surface area contributed by atoms with Crippen LogP contribution in [-0.2, 0) is 4.79 Å². The molecule has 0 radical (unpaired) electrons. The van der Waals surface area contributed by atoms with Crippen molar-refractivity contribution in [3.8, 4) is 0 Å². The predicted molar refractivity (Wildman–Crippen MR) is 106 cm³/mol. The highest BCUT2D eigenvalue weighted by Crippen LogP contribution is 2.47. The summed E-state index contributed by atoms with van der Waals surface area (Å²) in [6, 6.07) is 16.3. The molecule has 2 atom stereocenters. The van der Waals surface area contributed by atoms with Crippen LogP contribution in [0.15, 0.2) is 53.0 Å². The molecular formula is C19H18BrN3OS. The molecule has 4 rings (SSSR count). The summed E-state index contributed by atoms with van der Waals surface area (Å²) in [6.07, 6.45) is 0.938. The van der Waals surface area contributed by atoms with E-state index in [1.54, 1.807) is 11.3 Å². The Kier molecular flexibility index (Phi) is 4.72. The van der Waals surface area contributed by atoms with Gasteiger partial charge in [-0.05, 0) is 42.2 Å². The Balaban J connectivity index is 1.23. The van der Waals surface area contributed by atoms with Gasteiger partial charge in [0.15, 0.2) is 5.13 Å². The monoisotopic (exact) mass is 415 g/mol. The third kappa shape index (κ3) is 3.85. The van der Waals surface area contributed by atoms with Gasteiger partial charge < -0.3 is 10.6 Å². The van der Waals surface area contributed by atoms with Crippen LogP contribution in [0.2, 0.25) is 0 Å². The van der Waals surface area contributed by atoms with Crippen molar-refractivity contribution in [3.05, 3.63) is 58.6 Å². The molecule has 1 aromatic heterocycles. The number of carbonyl (C=O) groups is 1. The van der Waals surface area contributed by atoms with Gasteiger partial charge in [0, 0.05) is 23.5 Å². The highest BCUT2D eigenvalue weighted by molar-refractivity contribution is 9.10. The van der Waals surface area contributed by atoms with Crippen molar-refractivity contribution in [1.82, 2.24) is 10.3 Å². The molecule has 0 spiro atoms. The summed E-state index contributed by atoms with van der Waals surface area (Å²) < 4.78 is 2.24. The number of carbonyl (C=O) groups excluding carboxylic acids is 1. The Bertz CT molecular complexity index is 877. The minimum atomic E-state index is 0.108. The Morgan fingerprint density at radius 1 is 1.20 bits per heavy atom. The first-order chi connectivity index (χ1) is 12.2. The number of amides is 1. The lowest BCUT2D eigenvalue weighted by molar-refractivity contribution is -0.122. The van der Waals surface area contributed by atoms with Crippen LogP contribution in [0.25, 0.3) is 10.2 Å². The van der Waals surface area contributed by atoms with E-state index >= 15 is 0 Å². The number of hydrogen-bond acceptors (Lipinski definition) is 4. The minimum Gasteiger partial charge on any atom is -0.360 e. The summed E-state index contributed by atoms with van der Waals surface area (Å²) in [6.45, 7) is 1.29. The topological polar surface area (TPSA) is 54.0 Å². The van der Waals surface area contributed by atoms with Crippen LogP contribution >= 0.6 is 27.3 Å². The molecule has 1 aliphatic rings. The van der Waals surface area contributed by atoms with Gasteiger partial charge in [-0.25, -0.2) is 4.98 Å². The zero-order chi connectivity index (χ0) is 17.2. The standard InChI is InChI=1S/C19H18BrN3OS/c20-13-5-3-4-12(10-13)14-11-15(14)18(24)21-8-9-22-19-23-16-6-1-2-7-17(16)25-19/h1-7,10,14-15H,8-9,11H2,(H,21,24)(H,22,23). The Morgan fingerprint density at radius 3 is 2.92 bits per heavy atom. The quantitative estimate of drug-likeness (QED) is 0.586. The van der Waals surface area contributed by atoms with E-state index in [-0.39, 0.29) is 11.8 Å². The first-order valence-corrected chi connectivity index (χ1v) is 9.94. The second-order valence-electron chi connectivity index (χ2n) is 6.21. The smallest absolute Gasteiger partial charge is 0.223 e. The number of rotatable bonds is 6. The van der Waals surface area contributed by atoms with Crippen molar-refractivity contribution in [2.45, 2.75) is 12.3 Å². The summed E-state index contributed by atoms with van der Waals surface area (Å²) in [5.74, 6) is 0.613. The van der Waals surface area contributed by atoms with Crippen molar-refractivity contribution in [1.29, 1.82) is 0 Å². The molecule has 1 amide bonds. The molecule has 128 valence electrons. The highest BCUT2D eigenvalue weighted by atomic mass is 79.9. The lowest BCUT2D eigenvalue weighted by Gasteiger charge is -2.06. The minimum absolute atomic E-state index is 0.108. The van der Waals surface area contributed by atoms with Gasteiger partial charge in [-0.3, -0.25) is 4.79 Å². The maximum Gasteiger partial charge on any atom is 0.223 e. The molecule has 2 unspecified atom stereocenters. The van der Waals surface area contributed by atoms with E-state index in [1.165, 1.54) is 10.3 Å². The molecule has 6 heteroatoms. The number of fused-ring (bicyclic) bond motifs is 1. The van der Waals surface area contributed by atoms with Gasteiger partial charge in [0.05, 0.1) is 10.2 Å². The Hall–Kier alpha value is -1.92. The summed E-state index contributed by atoms with van der Waals surface area (Å²) >= 11 is 5.12. The normalized spacial score (nSPS) is 18.9. The van der Waals surface area contributed by atoms with Gasteiger partial charge in [-0.15, -0.1) is 0 Å². The van der Waals surface area contributed by atoms with E-state index in [0.29, 0.717) is 19.0 Å². The molecule has 1 saturated carbocycles. The van der Waals surface area contributed by atoms with Gasteiger partial charge in [0.25, 0.3) is 0 Å². The number of hydrogen-bond donors (Lipinski definition) is 2.